The summed E-state index contributed by atoms with van der Waals surface area (Å²) in [5.41, 5.74) is 0.225. The second-order valence-corrected chi connectivity index (χ2v) is 2.57. The molecule has 1 aromatic heterocycles. The van der Waals surface area contributed by atoms with Gasteiger partial charge >= 0.3 is 5.97 Å². The molecule has 0 bridgehead atoms. The first kappa shape index (κ1) is 8.52. The SMILES string of the molecule is CN(C)c1ncccc1C(=O)O. The van der Waals surface area contributed by atoms with E-state index >= 15 is 0 Å². The summed E-state index contributed by atoms with van der Waals surface area (Å²) in [7, 11) is 3.52. The standard InChI is InChI=1S/C8H10N2O2/c1-10(2)7-6(8(11)12)4-3-5-9-7/h3-5H,1-2H3,(H,11,12). The Kier molecular flexibility index (Phi) is 2.28. The number of carboxylic acid groups (broad SMARTS) is 1. The summed E-state index contributed by atoms with van der Waals surface area (Å²) in [6.07, 6.45) is 1.57. The lowest BCUT2D eigenvalue weighted by Gasteiger charge is -2.12. The summed E-state index contributed by atoms with van der Waals surface area (Å²) in [6.45, 7) is 0. The highest BCUT2D eigenvalue weighted by Crippen LogP contribution is 2.13. The van der Waals surface area contributed by atoms with Crippen LogP contribution in [0.5, 0.6) is 0 Å². The van der Waals surface area contributed by atoms with Gasteiger partial charge in [-0.05, 0) is 12.1 Å². The molecule has 0 spiro atoms. The molecule has 1 rings (SSSR count). The maximum atomic E-state index is 10.7. The molecule has 0 saturated heterocycles. The molecule has 64 valence electrons. The molecule has 0 amide bonds. The van der Waals surface area contributed by atoms with E-state index < -0.39 is 5.97 Å². The predicted molar refractivity (Wildman–Crippen MR) is 45.5 cm³/mol. The van der Waals surface area contributed by atoms with Crippen molar-refractivity contribution < 1.29 is 9.90 Å². The molecule has 1 heterocycles. The Morgan fingerprint density at radius 2 is 2.25 bits per heavy atom. The van der Waals surface area contributed by atoms with Crippen LogP contribution in [-0.2, 0) is 0 Å². The van der Waals surface area contributed by atoms with Gasteiger partial charge in [-0.2, -0.15) is 0 Å². The van der Waals surface area contributed by atoms with Crippen LogP contribution in [0.2, 0.25) is 0 Å². The molecule has 0 atom stereocenters. The quantitative estimate of drug-likeness (QED) is 0.707. The lowest BCUT2D eigenvalue weighted by Crippen LogP contribution is -2.15. The first-order chi connectivity index (χ1) is 5.63. The van der Waals surface area contributed by atoms with Crippen molar-refractivity contribution in [3.63, 3.8) is 0 Å². The fraction of sp³-hybridized carbons (Fsp3) is 0.250. The van der Waals surface area contributed by atoms with E-state index in [1.165, 1.54) is 6.07 Å². The number of nitrogens with zero attached hydrogens (tertiary/aromatic N) is 2. The molecule has 0 aromatic carbocycles. The van der Waals surface area contributed by atoms with Gasteiger partial charge in [0.15, 0.2) is 0 Å². The Labute approximate surface area is 70.5 Å². The molecule has 1 aromatic rings. The van der Waals surface area contributed by atoms with Crippen LogP contribution in [0.15, 0.2) is 18.3 Å². The van der Waals surface area contributed by atoms with Crippen LogP contribution < -0.4 is 4.90 Å². The fourth-order valence-electron chi connectivity index (χ4n) is 0.920. The van der Waals surface area contributed by atoms with Gasteiger partial charge in [0.05, 0.1) is 0 Å². The highest BCUT2D eigenvalue weighted by molar-refractivity contribution is 5.93. The zero-order chi connectivity index (χ0) is 9.14. The number of hydrogen-bond donors (Lipinski definition) is 1. The van der Waals surface area contributed by atoms with Crippen molar-refractivity contribution in [2.75, 3.05) is 19.0 Å². The fourth-order valence-corrected chi connectivity index (χ4v) is 0.920. The summed E-state index contributed by atoms with van der Waals surface area (Å²) in [4.78, 5) is 16.3. The first-order valence-corrected chi connectivity index (χ1v) is 3.48. The van der Waals surface area contributed by atoms with Crippen LogP contribution in [0.3, 0.4) is 0 Å². The lowest BCUT2D eigenvalue weighted by molar-refractivity contribution is 0.0697. The van der Waals surface area contributed by atoms with Gasteiger partial charge in [-0.3, -0.25) is 0 Å². The zero-order valence-corrected chi connectivity index (χ0v) is 6.98. The molecular formula is C8H10N2O2. The topological polar surface area (TPSA) is 53.4 Å². The van der Waals surface area contributed by atoms with E-state index in [1.54, 1.807) is 31.3 Å². The van der Waals surface area contributed by atoms with E-state index in [9.17, 15) is 4.79 Å². The van der Waals surface area contributed by atoms with Gasteiger partial charge in [0.1, 0.15) is 11.4 Å². The summed E-state index contributed by atoms with van der Waals surface area (Å²) >= 11 is 0. The average molecular weight is 166 g/mol. The van der Waals surface area contributed by atoms with Crippen molar-refractivity contribution >= 4 is 11.8 Å². The molecule has 1 N–H and O–H groups in total. The number of hydrogen-bond acceptors (Lipinski definition) is 3. The lowest BCUT2D eigenvalue weighted by atomic mass is 10.2. The Bertz CT molecular complexity index is 297. The van der Waals surface area contributed by atoms with Crippen LogP contribution in [0.25, 0.3) is 0 Å². The van der Waals surface area contributed by atoms with Gasteiger partial charge in [0, 0.05) is 20.3 Å². The molecule has 0 aliphatic rings. The number of carbonyl (C=O) groups is 1. The molecule has 12 heavy (non-hydrogen) atoms. The molecule has 4 nitrogen and oxygen atoms in total. The monoisotopic (exact) mass is 166 g/mol. The van der Waals surface area contributed by atoms with E-state index in [2.05, 4.69) is 4.98 Å². The smallest absolute Gasteiger partial charge is 0.339 e. The summed E-state index contributed by atoms with van der Waals surface area (Å²) in [5.74, 6) is -0.475. The van der Waals surface area contributed by atoms with Crippen LogP contribution in [0.1, 0.15) is 10.4 Å². The highest BCUT2D eigenvalue weighted by atomic mass is 16.4. The zero-order valence-electron chi connectivity index (χ0n) is 6.98. The maximum absolute atomic E-state index is 10.7. The molecule has 0 saturated carbocycles. The number of anilines is 1. The minimum Gasteiger partial charge on any atom is -0.478 e. The second kappa shape index (κ2) is 3.21. The van der Waals surface area contributed by atoms with E-state index in [-0.39, 0.29) is 5.56 Å². The highest BCUT2D eigenvalue weighted by Gasteiger charge is 2.10. The van der Waals surface area contributed by atoms with E-state index in [0.717, 1.165) is 0 Å². The van der Waals surface area contributed by atoms with Gasteiger partial charge in [-0.1, -0.05) is 0 Å². The summed E-state index contributed by atoms with van der Waals surface area (Å²) in [6, 6.07) is 3.14. The Morgan fingerprint density at radius 3 is 2.67 bits per heavy atom. The molecule has 0 unspecified atom stereocenters. The first-order valence-electron chi connectivity index (χ1n) is 3.48. The molecule has 0 aliphatic carbocycles. The van der Waals surface area contributed by atoms with Crippen molar-refractivity contribution in [2.45, 2.75) is 0 Å². The third kappa shape index (κ3) is 1.53. The molecule has 0 radical (unpaired) electrons. The van der Waals surface area contributed by atoms with Crippen molar-refractivity contribution in [2.24, 2.45) is 0 Å². The van der Waals surface area contributed by atoms with Crippen molar-refractivity contribution in [3.8, 4) is 0 Å². The largest absolute Gasteiger partial charge is 0.478 e. The van der Waals surface area contributed by atoms with E-state index in [0.29, 0.717) is 5.82 Å². The molecule has 4 heteroatoms. The maximum Gasteiger partial charge on any atom is 0.339 e. The Balaban J connectivity index is 3.17. The second-order valence-electron chi connectivity index (χ2n) is 2.57. The van der Waals surface area contributed by atoms with Gasteiger partial charge in [-0.25, -0.2) is 9.78 Å². The summed E-state index contributed by atoms with van der Waals surface area (Å²) in [5, 5.41) is 8.75. The van der Waals surface area contributed by atoms with E-state index in [4.69, 9.17) is 5.11 Å². The van der Waals surface area contributed by atoms with Gasteiger partial charge in [0.25, 0.3) is 0 Å². The van der Waals surface area contributed by atoms with Gasteiger partial charge < -0.3 is 10.0 Å². The number of aromatic carboxylic acids is 1. The minimum absolute atomic E-state index is 0.225. The van der Waals surface area contributed by atoms with Gasteiger partial charge in [0.2, 0.25) is 0 Å². The van der Waals surface area contributed by atoms with Crippen LogP contribution >= 0.6 is 0 Å². The van der Waals surface area contributed by atoms with Gasteiger partial charge in [-0.15, -0.1) is 0 Å². The van der Waals surface area contributed by atoms with Crippen molar-refractivity contribution in [3.05, 3.63) is 23.9 Å². The van der Waals surface area contributed by atoms with Crippen molar-refractivity contribution in [1.82, 2.24) is 4.98 Å². The Morgan fingerprint density at radius 1 is 1.58 bits per heavy atom. The normalized spacial score (nSPS) is 9.50. The van der Waals surface area contributed by atoms with Crippen LogP contribution in [-0.4, -0.2) is 30.2 Å². The van der Waals surface area contributed by atoms with E-state index in [1.807, 2.05) is 0 Å². The number of rotatable bonds is 2. The predicted octanol–water partition coefficient (Wildman–Crippen LogP) is 0.846. The number of aromatic nitrogens is 1. The summed E-state index contributed by atoms with van der Waals surface area (Å²) < 4.78 is 0. The molecular weight excluding hydrogens is 156 g/mol. The number of pyridine rings is 1. The Hall–Kier alpha value is -1.58. The average Bonchev–Trinajstić information content (AvgIpc) is 2.04. The minimum atomic E-state index is -0.952. The van der Waals surface area contributed by atoms with Crippen LogP contribution in [0, 0.1) is 0 Å². The molecule has 0 aliphatic heterocycles. The molecule has 0 fully saturated rings. The van der Waals surface area contributed by atoms with Crippen molar-refractivity contribution in [1.29, 1.82) is 0 Å². The number of carboxylic acids is 1. The third-order valence-corrected chi connectivity index (χ3v) is 1.44. The third-order valence-electron chi connectivity index (χ3n) is 1.44. The van der Waals surface area contributed by atoms with Crippen LogP contribution in [0.4, 0.5) is 5.82 Å².